The van der Waals surface area contributed by atoms with Gasteiger partial charge in [-0.25, -0.2) is 4.79 Å². The number of amides is 3. The van der Waals surface area contributed by atoms with Crippen molar-refractivity contribution in [2.24, 2.45) is 5.92 Å². The molecule has 0 aromatic heterocycles. The topological polar surface area (TPSA) is 94.1 Å². The standard InChI is InChI=1S/C31H42Cl2N4O4/c1-20-16-37(21(2)19-38)30(39)15-23-14-25(35-31(40)34-24-7-5-4-6-8-24)10-12-28(23)41-29(20)18-36(3)17-22-9-11-26(32)27(33)13-22/h9-14,20-21,24,29,38H,4-8,15-19H2,1-3H3,(H2,34,35,40)/t20-,21+,29-/m0/s1. The second-order valence-corrected chi connectivity index (χ2v) is 12.4. The third-order valence-corrected chi connectivity index (χ3v) is 8.78. The van der Waals surface area contributed by atoms with E-state index in [9.17, 15) is 14.7 Å². The molecule has 3 atom stereocenters. The highest BCUT2D eigenvalue weighted by molar-refractivity contribution is 6.42. The van der Waals surface area contributed by atoms with Gasteiger partial charge in [0.2, 0.25) is 5.91 Å². The third kappa shape index (κ3) is 8.74. The summed E-state index contributed by atoms with van der Waals surface area (Å²) in [6.45, 7) is 5.48. The number of urea groups is 1. The molecule has 4 rings (SSSR count). The lowest BCUT2D eigenvalue weighted by molar-refractivity contribution is -0.134. The minimum absolute atomic E-state index is 0.0192. The highest BCUT2D eigenvalue weighted by Crippen LogP contribution is 2.30. The number of rotatable bonds is 8. The molecule has 41 heavy (non-hydrogen) atoms. The summed E-state index contributed by atoms with van der Waals surface area (Å²) >= 11 is 12.3. The molecule has 0 unspecified atom stereocenters. The fourth-order valence-electron chi connectivity index (χ4n) is 5.65. The van der Waals surface area contributed by atoms with Crippen LogP contribution in [0.5, 0.6) is 5.75 Å². The number of anilines is 1. The summed E-state index contributed by atoms with van der Waals surface area (Å²) in [5.41, 5.74) is 2.34. The molecular weight excluding hydrogens is 563 g/mol. The number of benzene rings is 2. The molecule has 8 nitrogen and oxygen atoms in total. The van der Waals surface area contributed by atoms with Crippen LogP contribution in [-0.4, -0.2) is 71.8 Å². The van der Waals surface area contributed by atoms with Crippen LogP contribution >= 0.6 is 23.2 Å². The normalized spacial score (nSPS) is 20.9. The SMILES string of the molecule is C[C@H](CO)N1C[C@H](C)[C@H](CN(C)Cc2ccc(Cl)c(Cl)c2)Oc2ccc(NC(=O)NC3CCCCC3)cc2CC1=O. The molecule has 2 aromatic carbocycles. The number of ether oxygens (including phenoxy) is 1. The summed E-state index contributed by atoms with van der Waals surface area (Å²) < 4.78 is 6.61. The smallest absolute Gasteiger partial charge is 0.319 e. The Morgan fingerprint density at radius 3 is 2.61 bits per heavy atom. The van der Waals surface area contributed by atoms with Crippen LogP contribution in [0.15, 0.2) is 36.4 Å². The van der Waals surface area contributed by atoms with Crippen LogP contribution in [0.25, 0.3) is 0 Å². The van der Waals surface area contributed by atoms with E-state index < -0.39 is 0 Å². The third-order valence-electron chi connectivity index (χ3n) is 8.04. The fourth-order valence-corrected chi connectivity index (χ4v) is 5.97. The van der Waals surface area contributed by atoms with E-state index in [1.165, 1.54) is 6.42 Å². The molecule has 1 saturated carbocycles. The number of nitrogens with zero attached hydrogens (tertiary/aromatic N) is 2. The number of hydrogen-bond donors (Lipinski definition) is 3. The minimum Gasteiger partial charge on any atom is -0.488 e. The fraction of sp³-hybridized carbons (Fsp3) is 0.548. The van der Waals surface area contributed by atoms with Gasteiger partial charge < -0.3 is 25.4 Å². The minimum atomic E-state index is -0.330. The summed E-state index contributed by atoms with van der Waals surface area (Å²) in [7, 11) is 2.02. The first-order valence-electron chi connectivity index (χ1n) is 14.5. The van der Waals surface area contributed by atoms with E-state index in [1.54, 1.807) is 11.0 Å². The Morgan fingerprint density at radius 2 is 1.90 bits per heavy atom. The van der Waals surface area contributed by atoms with Crippen molar-refractivity contribution in [3.8, 4) is 5.75 Å². The number of hydrogen-bond acceptors (Lipinski definition) is 5. The lowest BCUT2D eigenvalue weighted by Crippen LogP contribution is -2.47. The van der Waals surface area contributed by atoms with Crippen molar-refractivity contribution >= 4 is 40.8 Å². The first-order chi connectivity index (χ1) is 19.6. The van der Waals surface area contributed by atoms with Crippen LogP contribution in [0.2, 0.25) is 10.0 Å². The van der Waals surface area contributed by atoms with E-state index in [4.69, 9.17) is 27.9 Å². The van der Waals surface area contributed by atoms with Gasteiger partial charge in [0, 0.05) is 42.8 Å². The Morgan fingerprint density at radius 1 is 1.15 bits per heavy atom. The van der Waals surface area contributed by atoms with Gasteiger partial charge in [-0.05, 0) is 62.7 Å². The Bertz CT molecular complexity index is 1210. The molecule has 1 aliphatic heterocycles. The zero-order valence-corrected chi connectivity index (χ0v) is 25.7. The Hall–Kier alpha value is -2.52. The number of nitrogens with one attached hydrogen (secondary N) is 2. The van der Waals surface area contributed by atoms with E-state index in [1.807, 2.05) is 44.3 Å². The summed E-state index contributed by atoms with van der Waals surface area (Å²) in [6, 6.07) is 10.7. The first-order valence-corrected chi connectivity index (χ1v) is 15.3. The number of fused-ring (bicyclic) bond motifs is 1. The number of carbonyl (C=O) groups excluding carboxylic acids is 2. The van der Waals surface area contributed by atoms with Gasteiger partial charge in [0.1, 0.15) is 11.9 Å². The van der Waals surface area contributed by atoms with E-state index in [0.717, 1.165) is 31.2 Å². The van der Waals surface area contributed by atoms with Gasteiger partial charge in [0.05, 0.1) is 29.1 Å². The van der Waals surface area contributed by atoms with Crippen molar-refractivity contribution < 1.29 is 19.4 Å². The molecule has 10 heteroatoms. The molecule has 1 heterocycles. The molecule has 0 radical (unpaired) electrons. The van der Waals surface area contributed by atoms with E-state index >= 15 is 0 Å². The van der Waals surface area contributed by atoms with Crippen LogP contribution in [0, 0.1) is 5.92 Å². The maximum Gasteiger partial charge on any atom is 0.319 e. The van der Waals surface area contributed by atoms with Gasteiger partial charge in [0.25, 0.3) is 0 Å². The maximum atomic E-state index is 13.5. The molecular formula is C31H42Cl2N4O4. The van der Waals surface area contributed by atoms with Crippen LogP contribution in [0.3, 0.4) is 0 Å². The van der Waals surface area contributed by atoms with E-state index in [0.29, 0.717) is 46.7 Å². The summed E-state index contributed by atoms with van der Waals surface area (Å²) in [5.74, 6) is 0.515. The Balaban J connectivity index is 1.54. The van der Waals surface area contributed by atoms with Crippen molar-refractivity contribution in [2.75, 3.05) is 32.1 Å². The number of halogens is 2. The predicted octanol–water partition coefficient (Wildman–Crippen LogP) is 5.73. The Labute approximate surface area is 253 Å². The predicted molar refractivity (Wildman–Crippen MR) is 164 cm³/mol. The quantitative estimate of drug-likeness (QED) is 0.358. The molecule has 0 saturated heterocycles. The van der Waals surface area contributed by atoms with Gasteiger partial charge >= 0.3 is 6.03 Å². The molecule has 1 aliphatic carbocycles. The summed E-state index contributed by atoms with van der Waals surface area (Å²) in [5, 5.41) is 17.0. The molecule has 2 aromatic rings. The molecule has 2 aliphatic rings. The van der Waals surface area contributed by atoms with Crippen molar-refractivity contribution in [2.45, 2.75) is 77.1 Å². The highest BCUT2D eigenvalue weighted by atomic mass is 35.5. The van der Waals surface area contributed by atoms with Gasteiger partial charge in [0.15, 0.2) is 0 Å². The number of aliphatic hydroxyl groups is 1. The molecule has 1 fully saturated rings. The second kappa shape index (κ2) is 14.6. The number of aliphatic hydroxyl groups excluding tert-OH is 1. The average molecular weight is 606 g/mol. The first kappa shape index (κ1) is 31.4. The van der Waals surface area contributed by atoms with Crippen LogP contribution in [0.1, 0.15) is 57.1 Å². The zero-order chi connectivity index (χ0) is 29.5. The molecule has 224 valence electrons. The van der Waals surface area contributed by atoms with Gasteiger partial charge in [-0.1, -0.05) is 55.5 Å². The van der Waals surface area contributed by atoms with Gasteiger partial charge in [-0.3, -0.25) is 9.69 Å². The van der Waals surface area contributed by atoms with Crippen LogP contribution in [-0.2, 0) is 17.8 Å². The van der Waals surface area contributed by atoms with Gasteiger partial charge in [-0.15, -0.1) is 0 Å². The largest absolute Gasteiger partial charge is 0.488 e. The lowest BCUT2D eigenvalue weighted by Gasteiger charge is -2.34. The lowest BCUT2D eigenvalue weighted by atomic mass is 9.96. The van der Waals surface area contributed by atoms with E-state index in [2.05, 4.69) is 22.5 Å². The summed E-state index contributed by atoms with van der Waals surface area (Å²) in [6.07, 6.45) is 5.35. The van der Waals surface area contributed by atoms with Crippen LogP contribution < -0.4 is 15.4 Å². The molecule has 3 amide bonds. The maximum absolute atomic E-state index is 13.5. The van der Waals surface area contributed by atoms with Crippen molar-refractivity contribution in [3.05, 3.63) is 57.6 Å². The van der Waals surface area contributed by atoms with Crippen LogP contribution in [0.4, 0.5) is 10.5 Å². The van der Waals surface area contributed by atoms with Gasteiger partial charge in [-0.2, -0.15) is 0 Å². The number of likely N-dealkylation sites (N-methyl/N-ethyl adjacent to an activating group) is 1. The Kier molecular flexibility index (Phi) is 11.2. The molecule has 3 N–H and O–H groups in total. The van der Waals surface area contributed by atoms with Crippen molar-refractivity contribution in [1.82, 2.24) is 15.1 Å². The van der Waals surface area contributed by atoms with Crippen molar-refractivity contribution in [3.63, 3.8) is 0 Å². The van der Waals surface area contributed by atoms with Crippen molar-refractivity contribution in [1.29, 1.82) is 0 Å². The zero-order valence-electron chi connectivity index (χ0n) is 24.2. The second-order valence-electron chi connectivity index (χ2n) is 11.6. The monoisotopic (exact) mass is 604 g/mol. The molecule has 0 spiro atoms. The molecule has 0 bridgehead atoms. The number of carbonyl (C=O) groups is 2. The highest BCUT2D eigenvalue weighted by Gasteiger charge is 2.31. The summed E-state index contributed by atoms with van der Waals surface area (Å²) in [4.78, 5) is 30.1. The average Bonchev–Trinajstić information content (AvgIpc) is 2.98. The van der Waals surface area contributed by atoms with E-state index in [-0.39, 0.29) is 49.1 Å².